The zero-order valence-electron chi connectivity index (χ0n) is 14.2. The average Bonchev–Trinajstić information content (AvgIpc) is 3.36. The number of methoxy groups -OCH3 is 2. The van der Waals surface area contributed by atoms with Gasteiger partial charge in [0.1, 0.15) is 0 Å². The first-order chi connectivity index (χ1) is 12.7. The highest BCUT2D eigenvalue weighted by atomic mass is 32.1. The third-order valence-corrected chi connectivity index (χ3v) is 4.23. The normalized spacial score (nSPS) is 10.8. The van der Waals surface area contributed by atoms with Gasteiger partial charge in [-0.2, -0.15) is 4.98 Å². The van der Waals surface area contributed by atoms with Crippen LogP contribution in [0.15, 0.2) is 46.3 Å². The Bertz CT molecular complexity index is 902. The van der Waals surface area contributed by atoms with E-state index < -0.39 is 5.97 Å². The second kappa shape index (κ2) is 8.30. The SMILES string of the molecule is COC(=O)C=Cc1ccc(OCc2nc(-c3cccs3)no2)c(OC)c1. The molecule has 0 saturated carbocycles. The summed E-state index contributed by atoms with van der Waals surface area (Å²) in [6, 6.07) is 9.13. The smallest absolute Gasteiger partial charge is 0.330 e. The summed E-state index contributed by atoms with van der Waals surface area (Å²) < 4.78 is 20.8. The molecule has 3 rings (SSSR count). The summed E-state index contributed by atoms with van der Waals surface area (Å²) in [5, 5.41) is 5.88. The minimum Gasteiger partial charge on any atom is -0.493 e. The summed E-state index contributed by atoms with van der Waals surface area (Å²) in [4.78, 5) is 16.4. The third kappa shape index (κ3) is 4.28. The number of rotatable bonds is 7. The highest BCUT2D eigenvalue weighted by Gasteiger charge is 2.12. The molecule has 0 N–H and O–H groups in total. The standard InChI is InChI=1S/C18H16N2O5S/c1-22-14-10-12(6-8-17(21)23-2)5-7-13(14)24-11-16-19-18(20-25-16)15-4-3-9-26-15/h3-10H,11H2,1-2H3. The van der Waals surface area contributed by atoms with E-state index >= 15 is 0 Å². The molecule has 3 aromatic rings. The highest BCUT2D eigenvalue weighted by Crippen LogP contribution is 2.29. The van der Waals surface area contributed by atoms with Crippen LogP contribution >= 0.6 is 11.3 Å². The van der Waals surface area contributed by atoms with Crippen molar-refractivity contribution in [1.82, 2.24) is 10.1 Å². The van der Waals surface area contributed by atoms with E-state index in [4.69, 9.17) is 14.0 Å². The van der Waals surface area contributed by atoms with E-state index in [1.54, 1.807) is 24.3 Å². The van der Waals surface area contributed by atoms with Gasteiger partial charge in [-0.05, 0) is 35.2 Å². The van der Waals surface area contributed by atoms with E-state index in [2.05, 4.69) is 14.9 Å². The summed E-state index contributed by atoms with van der Waals surface area (Å²) in [6.45, 7) is 0.117. The monoisotopic (exact) mass is 372 g/mol. The molecular weight excluding hydrogens is 356 g/mol. The molecule has 26 heavy (non-hydrogen) atoms. The maximum absolute atomic E-state index is 11.2. The molecule has 0 saturated heterocycles. The number of ether oxygens (including phenoxy) is 3. The van der Waals surface area contributed by atoms with Crippen LogP contribution in [0, 0.1) is 0 Å². The van der Waals surface area contributed by atoms with Crippen LogP contribution in [0.5, 0.6) is 11.5 Å². The minimum atomic E-state index is -0.428. The molecule has 0 fully saturated rings. The van der Waals surface area contributed by atoms with Crippen LogP contribution in [0.1, 0.15) is 11.5 Å². The van der Waals surface area contributed by atoms with Crippen LogP contribution in [0.2, 0.25) is 0 Å². The Balaban J connectivity index is 1.68. The van der Waals surface area contributed by atoms with Crippen molar-refractivity contribution >= 4 is 23.4 Å². The van der Waals surface area contributed by atoms with Crippen LogP contribution in [0.4, 0.5) is 0 Å². The molecule has 0 aliphatic heterocycles. The number of nitrogens with zero attached hydrogens (tertiary/aromatic N) is 2. The summed E-state index contributed by atoms with van der Waals surface area (Å²) in [5.41, 5.74) is 0.775. The van der Waals surface area contributed by atoms with Crippen molar-refractivity contribution in [1.29, 1.82) is 0 Å². The van der Waals surface area contributed by atoms with Gasteiger partial charge < -0.3 is 18.7 Å². The van der Waals surface area contributed by atoms with Gasteiger partial charge in [0.25, 0.3) is 5.89 Å². The van der Waals surface area contributed by atoms with Gasteiger partial charge in [-0.15, -0.1) is 11.3 Å². The van der Waals surface area contributed by atoms with Crippen molar-refractivity contribution in [2.45, 2.75) is 6.61 Å². The summed E-state index contributed by atoms with van der Waals surface area (Å²) in [5.74, 6) is 1.52. The number of hydrogen-bond donors (Lipinski definition) is 0. The van der Waals surface area contributed by atoms with Gasteiger partial charge in [-0.3, -0.25) is 0 Å². The lowest BCUT2D eigenvalue weighted by molar-refractivity contribution is -0.134. The van der Waals surface area contributed by atoms with E-state index in [1.165, 1.54) is 31.6 Å². The predicted molar refractivity (Wildman–Crippen MR) is 96.0 cm³/mol. The summed E-state index contributed by atoms with van der Waals surface area (Å²) in [7, 11) is 2.86. The highest BCUT2D eigenvalue weighted by molar-refractivity contribution is 7.13. The second-order valence-corrected chi connectivity index (χ2v) is 5.99. The van der Waals surface area contributed by atoms with Gasteiger partial charge >= 0.3 is 5.97 Å². The number of aromatic nitrogens is 2. The Kier molecular flexibility index (Phi) is 5.65. The molecule has 2 heterocycles. The van der Waals surface area contributed by atoms with E-state index in [0.717, 1.165) is 10.4 Å². The fourth-order valence-electron chi connectivity index (χ4n) is 2.10. The van der Waals surface area contributed by atoms with Crippen LogP contribution < -0.4 is 9.47 Å². The molecule has 8 heteroatoms. The minimum absolute atomic E-state index is 0.117. The zero-order valence-corrected chi connectivity index (χ0v) is 15.0. The van der Waals surface area contributed by atoms with E-state index in [1.807, 2.05) is 17.5 Å². The van der Waals surface area contributed by atoms with Crippen molar-refractivity contribution in [2.24, 2.45) is 0 Å². The van der Waals surface area contributed by atoms with Crippen molar-refractivity contribution in [3.8, 4) is 22.2 Å². The second-order valence-electron chi connectivity index (χ2n) is 5.04. The van der Waals surface area contributed by atoms with Gasteiger partial charge in [-0.1, -0.05) is 17.3 Å². The number of carbonyl (C=O) groups excluding carboxylic acids is 1. The predicted octanol–water partition coefficient (Wildman–Crippen LogP) is 3.57. The third-order valence-electron chi connectivity index (χ3n) is 3.36. The van der Waals surface area contributed by atoms with Gasteiger partial charge in [0.2, 0.25) is 5.82 Å². The van der Waals surface area contributed by atoms with E-state index in [0.29, 0.717) is 23.2 Å². The molecule has 0 unspecified atom stereocenters. The number of hydrogen-bond acceptors (Lipinski definition) is 8. The van der Waals surface area contributed by atoms with Crippen molar-refractivity contribution < 1.29 is 23.5 Å². The summed E-state index contributed by atoms with van der Waals surface area (Å²) in [6.07, 6.45) is 2.96. The fourth-order valence-corrected chi connectivity index (χ4v) is 2.75. The quantitative estimate of drug-likeness (QED) is 0.463. The lowest BCUT2D eigenvalue weighted by atomic mass is 10.2. The largest absolute Gasteiger partial charge is 0.493 e. The molecule has 2 aromatic heterocycles. The Morgan fingerprint density at radius 1 is 1.27 bits per heavy atom. The Labute approximate surface area is 153 Å². The first-order valence-corrected chi connectivity index (χ1v) is 8.51. The van der Waals surface area contributed by atoms with Gasteiger partial charge in [0.15, 0.2) is 18.1 Å². The van der Waals surface area contributed by atoms with E-state index in [-0.39, 0.29) is 6.61 Å². The fraction of sp³-hybridized carbons (Fsp3) is 0.167. The van der Waals surface area contributed by atoms with Crippen LogP contribution in [0.25, 0.3) is 16.8 Å². The number of thiophene rings is 1. The van der Waals surface area contributed by atoms with Crippen LogP contribution in [0.3, 0.4) is 0 Å². The molecule has 0 amide bonds. The van der Waals surface area contributed by atoms with Gasteiger partial charge in [0.05, 0.1) is 19.1 Å². The van der Waals surface area contributed by atoms with Crippen molar-refractivity contribution in [3.63, 3.8) is 0 Å². The molecule has 0 spiro atoms. The maximum atomic E-state index is 11.2. The molecule has 0 bridgehead atoms. The number of esters is 1. The first-order valence-electron chi connectivity index (χ1n) is 7.63. The maximum Gasteiger partial charge on any atom is 0.330 e. The first kappa shape index (κ1) is 17.7. The van der Waals surface area contributed by atoms with E-state index in [9.17, 15) is 4.79 Å². The van der Waals surface area contributed by atoms with Crippen molar-refractivity contribution in [3.05, 3.63) is 53.2 Å². The molecule has 1 aromatic carbocycles. The Hall–Kier alpha value is -3.13. The zero-order chi connectivity index (χ0) is 18.4. The van der Waals surface area contributed by atoms with Gasteiger partial charge in [0, 0.05) is 6.08 Å². The number of carbonyl (C=O) groups is 1. The molecule has 0 aliphatic rings. The Morgan fingerprint density at radius 2 is 2.15 bits per heavy atom. The molecule has 134 valence electrons. The van der Waals surface area contributed by atoms with Crippen LogP contribution in [-0.2, 0) is 16.1 Å². The summed E-state index contributed by atoms with van der Waals surface area (Å²) >= 11 is 1.53. The molecule has 7 nitrogen and oxygen atoms in total. The topological polar surface area (TPSA) is 83.7 Å². The van der Waals surface area contributed by atoms with Crippen LogP contribution in [-0.4, -0.2) is 30.3 Å². The average molecular weight is 372 g/mol. The van der Waals surface area contributed by atoms with Gasteiger partial charge in [-0.25, -0.2) is 4.79 Å². The lowest BCUT2D eigenvalue weighted by Gasteiger charge is -2.09. The molecule has 0 atom stereocenters. The lowest BCUT2D eigenvalue weighted by Crippen LogP contribution is -1.98. The van der Waals surface area contributed by atoms with Crippen molar-refractivity contribution in [2.75, 3.05) is 14.2 Å². The molecule has 0 aliphatic carbocycles. The Morgan fingerprint density at radius 3 is 2.88 bits per heavy atom. The molecular formula is C18H16N2O5S. The molecule has 0 radical (unpaired) electrons. The number of benzene rings is 1.